The Hall–Kier alpha value is -0.960. The molecule has 6 heteroatoms. The average molecular weight is 253 g/mol. The number of nitrogens with zero attached hydrogens (tertiary/aromatic N) is 2. The molecule has 0 saturated heterocycles. The minimum absolute atomic E-state index is 0.157. The molecule has 0 aliphatic carbocycles. The molecule has 70 valence electrons. The minimum atomic E-state index is -4.49. The third-order valence-electron chi connectivity index (χ3n) is 1.52. The van der Waals surface area contributed by atoms with Crippen LogP contribution >= 0.6 is 15.9 Å². The van der Waals surface area contributed by atoms with Crippen LogP contribution in [0, 0.1) is 11.3 Å². The third kappa shape index (κ3) is 1.70. The first-order valence-electron chi connectivity index (χ1n) is 3.20. The van der Waals surface area contributed by atoms with E-state index in [1.54, 1.807) is 0 Å². The van der Waals surface area contributed by atoms with Crippen LogP contribution in [0.2, 0.25) is 0 Å². The van der Waals surface area contributed by atoms with Gasteiger partial charge in [0.2, 0.25) is 0 Å². The highest BCUT2D eigenvalue weighted by molar-refractivity contribution is 9.10. The van der Waals surface area contributed by atoms with Gasteiger partial charge in [-0.1, -0.05) is 0 Å². The van der Waals surface area contributed by atoms with E-state index < -0.39 is 11.9 Å². The van der Waals surface area contributed by atoms with E-state index >= 15 is 0 Å². The Kier molecular flexibility index (Phi) is 2.39. The smallest absolute Gasteiger partial charge is 0.345 e. The second-order valence-electron chi connectivity index (χ2n) is 2.42. The second-order valence-corrected chi connectivity index (χ2v) is 3.28. The van der Waals surface area contributed by atoms with Gasteiger partial charge in [-0.15, -0.1) is 0 Å². The highest BCUT2D eigenvalue weighted by Crippen LogP contribution is 2.35. The van der Waals surface area contributed by atoms with Gasteiger partial charge in [-0.2, -0.15) is 18.4 Å². The van der Waals surface area contributed by atoms with Crippen LogP contribution in [0.25, 0.3) is 0 Å². The van der Waals surface area contributed by atoms with Crippen LogP contribution in [-0.2, 0) is 13.2 Å². The highest BCUT2D eigenvalue weighted by Gasteiger charge is 2.37. The Morgan fingerprint density at radius 2 is 2.08 bits per heavy atom. The van der Waals surface area contributed by atoms with E-state index in [0.717, 1.165) is 4.57 Å². The summed E-state index contributed by atoms with van der Waals surface area (Å²) in [6, 6.07) is 1.50. The Balaban J connectivity index is 3.45. The van der Waals surface area contributed by atoms with Crippen molar-refractivity contribution in [1.29, 1.82) is 5.26 Å². The Bertz CT molecular complexity index is 372. The van der Waals surface area contributed by atoms with E-state index in [9.17, 15) is 13.2 Å². The van der Waals surface area contributed by atoms with E-state index in [4.69, 9.17) is 5.26 Å². The van der Waals surface area contributed by atoms with Crippen LogP contribution in [0.4, 0.5) is 13.2 Å². The van der Waals surface area contributed by atoms with Gasteiger partial charge in [-0.3, -0.25) is 0 Å². The van der Waals surface area contributed by atoms with Crippen molar-refractivity contribution in [2.45, 2.75) is 6.18 Å². The van der Waals surface area contributed by atoms with Crippen molar-refractivity contribution in [2.75, 3.05) is 0 Å². The van der Waals surface area contributed by atoms with E-state index in [2.05, 4.69) is 15.9 Å². The van der Waals surface area contributed by atoms with E-state index in [-0.39, 0.29) is 10.0 Å². The first kappa shape index (κ1) is 10.1. The van der Waals surface area contributed by atoms with E-state index in [1.165, 1.54) is 19.3 Å². The van der Waals surface area contributed by atoms with Crippen LogP contribution in [0.5, 0.6) is 0 Å². The molecule has 0 spiro atoms. The molecule has 0 unspecified atom stereocenters. The average Bonchev–Trinajstić information content (AvgIpc) is 2.23. The van der Waals surface area contributed by atoms with Crippen molar-refractivity contribution in [3.63, 3.8) is 0 Å². The summed E-state index contributed by atoms with van der Waals surface area (Å²) in [6.07, 6.45) is -3.28. The van der Waals surface area contributed by atoms with Gasteiger partial charge in [0.05, 0.1) is 10.0 Å². The summed E-state index contributed by atoms with van der Waals surface area (Å²) in [6.45, 7) is 0. The monoisotopic (exact) mass is 252 g/mol. The Labute approximate surface area is 80.7 Å². The molecule has 0 aliphatic rings. The lowest BCUT2D eigenvalue weighted by Gasteiger charge is -2.07. The normalized spacial score (nSPS) is 11.4. The molecule has 2 nitrogen and oxygen atoms in total. The van der Waals surface area contributed by atoms with Crippen molar-refractivity contribution in [1.82, 2.24) is 4.57 Å². The second kappa shape index (κ2) is 3.07. The fourth-order valence-electron chi connectivity index (χ4n) is 1.04. The van der Waals surface area contributed by atoms with Crippen molar-refractivity contribution < 1.29 is 13.2 Å². The molecule has 1 heterocycles. The molecule has 13 heavy (non-hydrogen) atoms. The molecule has 0 saturated carbocycles. The number of hydrogen-bond acceptors (Lipinski definition) is 1. The largest absolute Gasteiger partial charge is 0.432 e. The molecule has 0 amide bonds. The molecule has 0 bridgehead atoms. The van der Waals surface area contributed by atoms with E-state index in [1.807, 2.05) is 0 Å². The molecule has 0 aliphatic heterocycles. The molecular weight excluding hydrogens is 249 g/mol. The lowest BCUT2D eigenvalue weighted by Crippen LogP contribution is -2.12. The third-order valence-corrected chi connectivity index (χ3v) is 2.12. The number of hydrogen-bond donors (Lipinski definition) is 0. The number of aryl methyl sites for hydroxylation is 1. The standard InChI is InChI=1S/C7H4BrF3N2/c1-13-3-5(8)4(2-12)6(13)7(9,10)11/h3H,1H3. The molecule has 0 atom stereocenters. The summed E-state index contributed by atoms with van der Waals surface area (Å²) in [5.74, 6) is 0. The summed E-state index contributed by atoms with van der Waals surface area (Å²) >= 11 is 2.88. The number of halogens is 4. The zero-order valence-corrected chi connectivity index (χ0v) is 8.07. The summed E-state index contributed by atoms with van der Waals surface area (Å²) in [5.41, 5.74) is -1.31. The Morgan fingerprint density at radius 3 is 2.38 bits per heavy atom. The summed E-state index contributed by atoms with van der Waals surface area (Å²) in [7, 11) is 1.24. The van der Waals surface area contributed by atoms with Crippen LogP contribution < -0.4 is 0 Å². The fraction of sp³-hybridized carbons (Fsp3) is 0.286. The van der Waals surface area contributed by atoms with Gasteiger partial charge in [0.25, 0.3) is 0 Å². The lowest BCUT2D eigenvalue weighted by molar-refractivity contribution is -0.143. The van der Waals surface area contributed by atoms with Gasteiger partial charge in [-0.25, -0.2) is 0 Å². The van der Waals surface area contributed by atoms with Gasteiger partial charge >= 0.3 is 6.18 Å². The Morgan fingerprint density at radius 1 is 1.54 bits per heavy atom. The number of aromatic nitrogens is 1. The van der Waals surface area contributed by atoms with Crippen molar-refractivity contribution >= 4 is 15.9 Å². The molecule has 1 rings (SSSR count). The zero-order chi connectivity index (χ0) is 10.2. The summed E-state index contributed by atoms with van der Waals surface area (Å²) in [5, 5.41) is 8.48. The predicted octanol–water partition coefficient (Wildman–Crippen LogP) is 2.68. The van der Waals surface area contributed by atoms with Crippen molar-refractivity contribution in [3.05, 3.63) is 21.9 Å². The van der Waals surface area contributed by atoms with E-state index in [0.29, 0.717) is 0 Å². The van der Waals surface area contributed by atoms with Gasteiger partial charge in [0.15, 0.2) is 0 Å². The first-order chi connectivity index (χ1) is 5.88. The maximum absolute atomic E-state index is 12.3. The molecule has 0 fully saturated rings. The molecule has 1 aromatic heterocycles. The van der Waals surface area contributed by atoms with Crippen LogP contribution in [0.1, 0.15) is 11.3 Å². The zero-order valence-electron chi connectivity index (χ0n) is 6.48. The number of rotatable bonds is 0. The highest BCUT2D eigenvalue weighted by atomic mass is 79.9. The topological polar surface area (TPSA) is 28.7 Å². The van der Waals surface area contributed by atoms with Crippen LogP contribution in [0.15, 0.2) is 10.7 Å². The van der Waals surface area contributed by atoms with Crippen LogP contribution in [0.3, 0.4) is 0 Å². The SMILES string of the molecule is Cn1cc(Br)c(C#N)c1C(F)(F)F. The maximum atomic E-state index is 12.3. The van der Waals surface area contributed by atoms with Gasteiger partial charge < -0.3 is 4.57 Å². The summed E-state index contributed by atoms with van der Waals surface area (Å²) in [4.78, 5) is 0. The minimum Gasteiger partial charge on any atom is -0.345 e. The lowest BCUT2D eigenvalue weighted by atomic mass is 10.2. The van der Waals surface area contributed by atoms with Gasteiger partial charge in [-0.05, 0) is 15.9 Å². The van der Waals surface area contributed by atoms with Gasteiger partial charge in [0.1, 0.15) is 11.8 Å². The molecule has 0 N–H and O–H groups in total. The molecule has 1 aromatic rings. The first-order valence-corrected chi connectivity index (χ1v) is 3.99. The van der Waals surface area contributed by atoms with Gasteiger partial charge in [0, 0.05) is 13.2 Å². The quantitative estimate of drug-likeness (QED) is 0.698. The molecule has 0 radical (unpaired) electrons. The molecule has 0 aromatic carbocycles. The molecular formula is C7H4BrF3N2. The fourth-order valence-corrected chi connectivity index (χ4v) is 1.62. The number of nitriles is 1. The van der Waals surface area contributed by atoms with Crippen molar-refractivity contribution in [2.24, 2.45) is 7.05 Å². The predicted molar refractivity (Wildman–Crippen MR) is 42.8 cm³/mol. The number of alkyl halides is 3. The maximum Gasteiger partial charge on any atom is 0.432 e. The van der Waals surface area contributed by atoms with Crippen LogP contribution in [-0.4, -0.2) is 4.57 Å². The summed E-state index contributed by atoms with van der Waals surface area (Å²) < 4.78 is 38.0. The van der Waals surface area contributed by atoms with Crippen molar-refractivity contribution in [3.8, 4) is 6.07 Å².